The number of rotatable bonds is 6. The lowest BCUT2D eigenvalue weighted by atomic mass is 10.0. The van der Waals surface area contributed by atoms with E-state index in [1.54, 1.807) is 0 Å². The Morgan fingerprint density at radius 2 is 2.08 bits per heavy atom. The minimum atomic E-state index is -1.04. The first-order valence-corrected chi connectivity index (χ1v) is 4.01. The van der Waals surface area contributed by atoms with Gasteiger partial charge in [-0.1, -0.05) is 0 Å². The zero-order chi connectivity index (χ0) is 10.3. The van der Waals surface area contributed by atoms with E-state index in [1.807, 2.05) is 0 Å². The van der Waals surface area contributed by atoms with Crippen molar-refractivity contribution in [3.8, 4) is 0 Å². The molecule has 0 aliphatic rings. The molecule has 0 aromatic heterocycles. The molecule has 0 rings (SSSR count). The number of nitrogens with zero attached hydrogens (tertiary/aromatic N) is 1. The summed E-state index contributed by atoms with van der Waals surface area (Å²) >= 11 is 0. The van der Waals surface area contributed by atoms with Crippen LogP contribution in [0.5, 0.6) is 0 Å². The molecule has 0 fully saturated rings. The summed E-state index contributed by atoms with van der Waals surface area (Å²) in [5, 5.41) is 8.46. The first-order chi connectivity index (χ1) is 6.11. The van der Waals surface area contributed by atoms with Gasteiger partial charge in [0.1, 0.15) is 6.54 Å². The molecular formula is C7H13BN2O3. The van der Waals surface area contributed by atoms with Crippen molar-refractivity contribution in [3.05, 3.63) is 0 Å². The van der Waals surface area contributed by atoms with Gasteiger partial charge >= 0.3 is 5.97 Å². The fourth-order valence-electron chi connectivity index (χ4n) is 0.866. The molecule has 1 amide bonds. The molecule has 72 valence electrons. The van der Waals surface area contributed by atoms with Crippen LogP contribution in [0.25, 0.3) is 0 Å². The van der Waals surface area contributed by atoms with Crippen molar-refractivity contribution in [1.82, 2.24) is 4.90 Å². The van der Waals surface area contributed by atoms with Gasteiger partial charge < -0.3 is 15.7 Å². The van der Waals surface area contributed by atoms with E-state index in [4.69, 9.17) is 18.7 Å². The van der Waals surface area contributed by atoms with Crippen LogP contribution in [0, 0.1) is 0 Å². The van der Waals surface area contributed by atoms with Gasteiger partial charge in [-0.3, -0.25) is 9.59 Å². The Morgan fingerprint density at radius 3 is 2.46 bits per heavy atom. The number of aliphatic carboxylic acids is 1. The van der Waals surface area contributed by atoms with Crippen LogP contribution in [0.4, 0.5) is 0 Å². The van der Waals surface area contributed by atoms with Gasteiger partial charge in [0.2, 0.25) is 5.91 Å². The van der Waals surface area contributed by atoms with Crippen molar-refractivity contribution < 1.29 is 14.7 Å². The molecule has 0 aromatic carbocycles. The molecule has 2 radical (unpaired) electrons. The normalized spacial score (nSPS) is 9.62. The third-order valence-electron chi connectivity index (χ3n) is 1.49. The Bertz CT molecular complexity index is 187. The maximum atomic E-state index is 11.1. The molecule has 5 nitrogen and oxygen atoms in total. The van der Waals surface area contributed by atoms with Crippen molar-refractivity contribution >= 4 is 19.7 Å². The molecule has 0 spiro atoms. The third-order valence-corrected chi connectivity index (χ3v) is 1.49. The summed E-state index contributed by atoms with van der Waals surface area (Å²) in [4.78, 5) is 22.6. The van der Waals surface area contributed by atoms with Crippen molar-refractivity contribution in [1.29, 1.82) is 0 Å². The molecule has 0 bridgehead atoms. The zero-order valence-electron chi connectivity index (χ0n) is 7.40. The summed E-state index contributed by atoms with van der Waals surface area (Å²) < 4.78 is 0. The lowest BCUT2D eigenvalue weighted by Gasteiger charge is -2.19. The van der Waals surface area contributed by atoms with Crippen LogP contribution in [-0.2, 0) is 9.59 Å². The SMILES string of the molecule is [B]CC(=O)N(CCCN)CC(=O)O. The first-order valence-electron chi connectivity index (χ1n) is 4.01. The van der Waals surface area contributed by atoms with E-state index >= 15 is 0 Å². The summed E-state index contributed by atoms with van der Waals surface area (Å²) in [6.07, 6.45) is 0.414. The maximum absolute atomic E-state index is 11.1. The summed E-state index contributed by atoms with van der Waals surface area (Å²) in [6.45, 7) is 0.461. The highest BCUT2D eigenvalue weighted by Gasteiger charge is 2.13. The van der Waals surface area contributed by atoms with Crippen LogP contribution in [0.1, 0.15) is 6.42 Å². The van der Waals surface area contributed by atoms with Gasteiger partial charge in [0.05, 0.1) is 7.85 Å². The number of nitrogens with two attached hydrogens (primary N) is 1. The molecule has 0 atom stereocenters. The fourth-order valence-corrected chi connectivity index (χ4v) is 0.866. The van der Waals surface area contributed by atoms with E-state index < -0.39 is 5.97 Å². The number of carboxylic acid groups (broad SMARTS) is 1. The molecule has 0 aliphatic carbocycles. The molecule has 3 N–H and O–H groups in total. The Morgan fingerprint density at radius 1 is 1.46 bits per heavy atom. The molecule has 0 saturated carbocycles. The van der Waals surface area contributed by atoms with Crippen molar-refractivity contribution in [2.75, 3.05) is 19.6 Å². The molecular weight excluding hydrogens is 171 g/mol. The Balaban J connectivity index is 4.02. The quantitative estimate of drug-likeness (QED) is 0.509. The predicted molar refractivity (Wildman–Crippen MR) is 48.4 cm³/mol. The van der Waals surface area contributed by atoms with E-state index in [0.717, 1.165) is 0 Å². The Labute approximate surface area is 78.3 Å². The number of hydrogen-bond acceptors (Lipinski definition) is 3. The lowest BCUT2D eigenvalue weighted by molar-refractivity contribution is -0.143. The highest BCUT2D eigenvalue weighted by Crippen LogP contribution is 1.94. The Kier molecular flexibility index (Phi) is 5.96. The van der Waals surface area contributed by atoms with Gasteiger partial charge in [-0.15, -0.1) is 0 Å². The number of hydrogen-bond donors (Lipinski definition) is 2. The molecule has 0 saturated heterocycles. The first kappa shape index (κ1) is 12.0. The van der Waals surface area contributed by atoms with Crippen LogP contribution in [0.2, 0.25) is 6.32 Å². The lowest BCUT2D eigenvalue weighted by Crippen LogP contribution is -2.36. The Hall–Kier alpha value is -1.04. The summed E-state index contributed by atoms with van der Waals surface area (Å²) in [5.41, 5.74) is 5.23. The van der Waals surface area contributed by atoms with Crippen molar-refractivity contribution in [3.63, 3.8) is 0 Å². The molecule has 0 aromatic rings. The number of carbonyl (C=O) groups is 2. The monoisotopic (exact) mass is 184 g/mol. The van der Waals surface area contributed by atoms with E-state index in [0.29, 0.717) is 19.5 Å². The maximum Gasteiger partial charge on any atom is 0.323 e. The summed E-state index contributed by atoms with van der Waals surface area (Å²) in [6, 6.07) is 0. The fraction of sp³-hybridized carbons (Fsp3) is 0.714. The predicted octanol–water partition coefficient (Wildman–Crippen LogP) is -1.16. The second-order valence-corrected chi connectivity index (χ2v) is 2.56. The molecule has 0 unspecified atom stereocenters. The van der Waals surface area contributed by atoms with Crippen LogP contribution in [0.15, 0.2) is 0 Å². The van der Waals surface area contributed by atoms with Crippen molar-refractivity contribution in [2.24, 2.45) is 5.73 Å². The third kappa shape index (κ3) is 5.24. The zero-order valence-corrected chi connectivity index (χ0v) is 7.40. The van der Waals surface area contributed by atoms with Gasteiger partial charge in [0.15, 0.2) is 0 Å². The van der Waals surface area contributed by atoms with Gasteiger partial charge in [-0.25, -0.2) is 0 Å². The van der Waals surface area contributed by atoms with E-state index in [2.05, 4.69) is 0 Å². The van der Waals surface area contributed by atoms with Gasteiger partial charge in [0.25, 0.3) is 0 Å². The molecule has 0 aliphatic heterocycles. The van der Waals surface area contributed by atoms with Gasteiger partial charge in [-0.05, 0) is 19.3 Å². The van der Waals surface area contributed by atoms with Gasteiger partial charge in [0, 0.05) is 6.54 Å². The number of carboxylic acids is 1. The van der Waals surface area contributed by atoms with E-state index in [9.17, 15) is 9.59 Å². The average molecular weight is 184 g/mol. The molecule has 13 heavy (non-hydrogen) atoms. The van der Waals surface area contributed by atoms with Crippen molar-refractivity contribution in [2.45, 2.75) is 12.7 Å². The van der Waals surface area contributed by atoms with Gasteiger partial charge in [-0.2, -0.15) is 0 Å². The van der Waals surface area contributed by atoms with Crippen LogP contribution in [-0.4, -0.2) is 49.4 Å². The number of carbonyl (C=O) groups excluding carboxylic acids is 1. The average Bonchev–Trinajstić information content (AvgIpc) is 2.10. The topological polar surface area (TPSA) is 83.6 Å². The van der Waals surface area contributed by atoms with E-state index in [1.165, 1.54) is 4.90 Å². The minimum Gasteiger partial charge on any atom is -0.480 e. The smallest absolute Gasteiger partial charge is 0.323 e. The van der Waals surface area contributed by atoms with E-state index in [-0.39, 0.29) is 18.8 Å². The molecule has 0 heterocycles. The summed E-state index contributed by atoms with van der Waals surface area (Å²) in [5.74, 6) is -1.41. The van der Waals surface area contributed by atoms with Crippen LogP contribution in [0.3, 0.4) is 0 Å². The second kappa shape index (κ2) is 6.48. The van der Waals surface area contributed by atoms with Crippen LogP contribution >= 0.6 is 0 Å². The molecule has 6 heteroatoms. The largest absolute Gasteiger partial charge is 0.480 e. The number of amides is 1. The highest BCUT2D eigenvalue weighted by molar-refractivity contribution is 6.19. The standard InChI is InChI=1S/C7H13BN2O3/c8-4-6(11)10(3-1-2-9)5-7(12)13/h1-5,9H2,(H,12,13). The van der Waals surface area contributed by atoms with Crippen LogP contribution < -0.4 is 5.73 Å². The minimum absolute atomic E-state index is 0.169. The summed E-state index contributed by atoms with van der Waals surface area (Å²) in [7, 11) is 5.10. The second-order valence-electron chi connectivity index (χ2n) is 2.56. The highest BCUT2D eigenvalue weighted by atomic mass is 16.4.